The number of para-hydroxylation sites is 5. The fourth-order valence-corrected chi connectivity index (χ4v) is 12.6. The highest BCUT2D eigenvalue weighted by atomic mass is 32.1. The van der Waals surface area contributed by atoms with Crippen LogP contribution in [0.25, 0.3) is 91.8 Å². The summed E-state index contributed by atoms with van der Waals surface area (Å²) in [7, 11) is 0. The minimum Gasteiger partial charge on any atom is -0.309 e. The third-order valence-electron chi connectivity index (χ3n) is 14.4. The van der Waals surface area contributed by atoms with Crippen LogP contribution in [0.4, 0.5) is 17.1 Å². The molecule has 1 aliphatic carbocycles. The highest BCUT2D eigenvalue weighted by Gasteiger charge is 2.25. The van der Waals surface area contributed by atoms with Crippen molar-refractivity contribution in [2.24, 2.45) is 0 Å². The molecule has 1 fully saturated rings. The molecule has 0 N–H and O–H groups in total. The third-order valence-corrected chi connectivity index (χ3v) is 15.5. The van der Waals surface area contributed by atoms with E-state index >= 15 is 0 Å². The topological polar surface area (TPSA) is 8.17 Å². The van der Waals surface area contributed by atoms with E-state index in [9.17, 15) is 0 Å². The van der Waals surface area contributed by atoms with E-state index in [2.05, 4.69) is 234 Å². The van der Waals surface area contributed by atoms with Gasteiger partial charge >= 0.3 is 0 Å². The number of thiophene rings is 1. The van der Waals surface area contributed by atoms with Crippen molar-refractivity contribution in [3.8, 4) is 39.1 Å². The third kappa shape index (κ3) is 6.68. The standard InChI is InChI=1S/C64H48N2S/c1-3-19-43(20-4-1)48-29-15-21-45-22-16-31-53(62(45)48)50-25-7-11-34-57(50)65(58-35-12-8-26-51(58)54-32-18-38-61-63(54)56-28-10-14-37-60(56)67-61)47-41-39-44(40-42-47)49-30-17-33-55-52-27-9-13-36-59(52)66(64(49)55)46-23-5-2-6-24-46/h2,5-18,21-43H,1,3-4,19-20H2. The number of hydrogen-bond donors (Lipinski definition) is 0. The Bertz CT molecular complexity index is 3790. The van der Waals surface area contributed by atoms with E-state index in [-0.39, 0.29) is 0 Å². The zero-order valence-electron chi connectivity index (χ0n) is 37.3. The maximum atomic E-state index is 2.53. The zero-order valence-corrected chi connectivity index (χ0v) is 38.1. The van der Waals surface area contributed by atoms with Gasteiger partial charge in [0, 0.05) is 59.0 Å². The Morgan fingerprint density at radius 1 is 0.403 bits per heavy atom. The molecule has 0 unspecified atom stereocenters. The Morgan fingerprint density at radius 2 is 0.970 bits per heavy atom. The molecule has 2 aromatic heterocycles. The summed E-state index contributed by atoms with van der Waals surface area (Å²) in [5.41, 5.74) is 15.8. The molecular weight excluding hydrogens is 829 g/mol. The minimum atomic E-state index is 0.570. The molecular formula is C64H48N2S. The maximum absolute atomic E-state index is 2.53. The minimum absolute atomic E-state index is 0.570. The van der Waals surface area contributed by atoms with Crippen LogP contribution in [0.2, 0.25) is 0 Å². The van der Waals surface area contributed by atoms with Crippen molar-refractivity contribution in [2.75, 3.05) is 4.90 Å². The normalized spacial score (nSPS) is 13.3. The summed E-state index contributed by atoms with van der Waals surface area (Å²) in [5.74, 6) is 0.570. The second kappa shape index (κ2) is 16.6. The average molecular weight is 877 g/mol. The lowest BCUT2D eigenvalue weighted by Gasteiger charge is -2.31. The molecule has 10 aromatic carbocycles. The van der Waals surface area contributed by atoms with Gasteiger partial charge in [-0.25, -0.2) is 0 Å². The highest BCUT2D eigenvalue weighted by Crippen LogP contribution is 2.50. The lowest BCUT2D eigenvalue weighted by atomic mass is 9.80. The Labute approximate surface area is 395 Å². The van der Waals surface area contributed by atoms with Gasteiger partial charge in [-0.05, 0) is 106 Å². The Kier molecular flexibility index (Phi) is 9.83. The predicted molar refractivity (Wildman–Crippen MR) is 288 cm³/mol. The second-order valence-corrected chi connectivity index (χ2v) is 19.3. The zero-order chi connectivity index (χ0) is 44.3. The van der Waals surface area contributed by atoms with Crippen molar-refractivity contribution in [3.05, 3.63) is 230 Å². The summed E-state index contributed by atoms with van der Waals surface area (Å²) in [6.45, 7) is 0. The van der Waals surface area contributed by atoms with Crippen molar-refractivity contribution < 1.29 is 0 Å². The molecule has 1 saturated carbocycles. The van der Waals surface area contributed by atoms with Gasteiger partial charge in [0.25, 0.3) is 0 Å². The summed E-state index contributed by atoms with van der Waals surface area (Å²) in [4.78, 5) is 2.53. The first-order chi connectivity index (χ1) is 33.3. The van der Waals surface area contributed by atoms with Crippen LogP contribution in [0.3, 0.4) is 0 Å². The summed E-state index contributed by atoms with van der Waals surface area (Å²) in [6.07, 6.45) is 6.45. The Balaban J connectivity index is 1.04. The van der Waals surface area contributed by atoms with E-state index in [0.29, 0.717) is 5.92 Å². The Morgan fingerprint density at radius 3 is 1.75 bits per heavy atom. The van der Waals surface area contributed by atoms with Gasteiger partial charge in [0.05, 0.1) is 22.4 Å². The molecule has 0 saturated heterocycles. The van der Waals surface area contributed by atoms with Crippen LogP contribution >= 0.6 is 11.3 Å². The molecule has 0 spiro atoms. The van der Waals surface area contributed by atoms with Gasteiger partial charge in [0.1, 0.15) is 0 Å². The number of aromatic nitrogens is 1. The first-order valence-corrected chi connectivity index (χ1v) is 24.7. The van der Waals surface area contributed by atoms with Crippen LogP contribution < -0.4 is 4.90 Å². The second-order valence-electron chi connectivity index (χ2n) is 18.2. The van der Waals surface area contributed by atoms with Crippen LogP contribution in [0, 0.1) is 0 Å². The van der Waals surface area contributed by atoms with Gasteiger partial charge < -0.3 is 9.47 Å². The van der Waals surface area contributed by atoms with Crippen molar-refractivity contribution >= 4 is 81.1 Å². The molecule has 0 bridgehead atoms. The van der Waals surface area contributed by atoms with Gasteiger partial charge in [0.15, 0.2) is 0 Å². The van der Waals surface area contributed by atoms with E-state index in [1.54, 1.807) is 0 Å². The first kappa shape index (κ1) is 39.6. The van der Waals surface area contributed by atoms with Gasteiger partial charge in [-0.2, -0.15) is 0 Å². The fourth-order valence-electron chi connectivity index (χ4n) is 11.4. The average Bonchev–Trinajstić information content (AvgIpc) is 3.96. The van der Waals surface area contributed by atoms with Gasteiger partial charge in [-0.3, -0.25) is 0 Å². The fraction of sp³-hybridized carbons (Fsp3) is 0.0938. The van der Waals surface area contributed by atoms with E-state index in [1.807, 2.05) is 11.3 Å². The summed E-state index contributed by atoms with van der Waals surface area (Å²) >= 11 is 1.88. The lowest BCUT2D eigenvalue weighted by molar-refractivity contribution is 0.445. The number of benzene rings is 10. The van der Waals surface area contributed by atoms with E-state index < -0.39 is 0 Å². The number of rotatable bonds is 8. The van der Waals surface area contributed by atoms with Crippen LogP contribution in [0.1, 0.15) is 43.6 Å². The number of hydrogen-bond acceptors (Lipinski definition) is 2. The number of fused-ring (bicyclic) bond motifs is 7. The molecule has 2 heterocycles. The lowest BCUT2D eigenvalue weighted by Crippen LogP contribution is -2.12. The molecule has 12 aromatic rings. The molecule has 13 rings (SSSR count). The largest absolute Gasteiger partial charge is 0.309 e. The van der Waals surface area contributed by atoms with Gasteiger partial charge in [-0.1, -0.05) is 189 Å². The molecule has 0 amide bonds. The smallest absolute Gasteiger partial charge is 0.0619 e. The molecule has 0 atom stereocenters. The summed E-state index contributed by atoms with van der Waals surface area (Å²) < 4.78 is 5.05. The monoisotopic (exact) mass is 876 g/mol. The number of nitrogens with zero attached hydrogens (tertiary/aromatic N) is 2. The Hall–Kier alpha value is -7.72. The SMILES string of the molecule is c1ccc(-n2c3ccccc3c3cccc(-c4ccc(N(c5ccccc5-c5cccc6cccc(C7CCCCC7)c56)c5ccccc5-c5cccc6sc7ccccc7c56)cc4)c32)cc1. The van der Waals surface area contributed by atoms with Crippen LogP contribution in [-0.4, -0.2) is 4.57 Å². The molecule has 320 valence electrons. The maximum Gasteiger partial charge on any atom is 0.0619 e. The summed E-state index contributed by atoms with van der Waals surface area (Å²) in [6, 6.07) is 83.5. The van der Waals surface area contributed by atoms with Crippen molar-refractivity contribution in [3.63, 3.8) is 0 Å². The number of anilines is 3. The van der Waals surface area contributed by atoms with Crippen molar-refractivity contribution in [1.29, 1.82) is 0 Å². The molecule has 67 heavy (non-hydrogen) atoms. The van der Waals surface area contributed by atoms with Gasteiger partial charge in [-0.15, -0.1) is 11.3 Å². The first-order valence-electron chi connectivity index (χ1n) is 23.9. The van der Waals surface area contributed by atoms with Crippen LogP contribution in [-0.2, 0) is 0 Å². The van der Waals surface area contributed by atoms with Crippen molar-refractivity contribution in [1.82, 2.24) is 4.57 Å². The van der Waals surface area contributed by atoms with E-state index in [4.69, 9.17) is 0 Å². The molecule has 1 aliphatic rings. The highest BCUT2D eigenvalue weighted by molar-refractivity contribution is 7.25. The molecule has 0 radical (unpaired) electrons. The van der Waals surface area contributed by atoms with Gasteiger partial charge in [0.2, 0.25) is 0 Å². The predicted octanol–water partition coefficient (Wildman–Crippen LogP) is 18.8. The summed E-state index contributed by atoms with van der Waals surface area (Å²) in [5, 5.41) is 7.83. The van der Waals surface area contributed by atoms with E-state index in [0.717, 1.165) is 22.7 Å². The molecule has 0 aliphatic heterocycles. The van der Waals surface area contributed by atoms with Crippen LogP contribution in [0.15, 0.2) is 224 Å². The quantitative estimate of drug-likeness (QED) is 0.148. The molecule has 2 nitrogen and oxygen atoms in total. The van der Waals surface area contributed by atoms with E-state index in [1.165, 1.54) is 124 Å². The van der Waals surface area contributed by atoms with Crippen LogP contribution in [0.5, 0.6) is 0 Å². The van der Waals surface area contributed by atoms with Crippen molar-refractivity contribution in [2.45, 2.75) is 38.0 Å². The molecule has 3 heteroatoms.